The lowest BCUT2D eigenvalue weighted by molar-refractivity contribution is -0.136. The monoisotopic (exact) mass is 282 g/mol. The zero-order valence-corrected chi connectivity index (χ0v) is 10.8. The normalized spacial score (nSPS) is 18.4. The van der Waals surface area contributed by atoms with E-state index in [1.165, 1.54) is 20.1 Å². The number of halogens is 2. The molecule has 1 aliphatic rings. The summed E-state index contributed by atoms with van der Waals surface area (Å²) in [5, 5.41) is 4.91. The third kappa shape index (κ3) is 2.47. The molecular weight excluding hydrogens is 270 g/mol. The highest BCUT2D eigenvalue weighted by Gasteiger charge is 2.32. The van der Waals surface area contributed by atoms with E-state index in [1.807, 2.05) is 0 Å². The second-order valence-corrected chi connectivity index (χ2v) is 4.24. The van der Waals surface area contributed by atoms with Crippen LogP contribution in [0, 0.1) is 11.6 Å². The van der Waals surface area contributed by atoms with Crippen molar-refractivity contribution >= 4 is 12.0 Å². The van der Waals surface area contributed by atoms with E-state index < -0.39 is 29.7 Å². The van der Waals surface area contributed by atoms with Crippen LogP contribution in [0.3, 0.4) is 0 Å². The maximum atomic E-state index is 13.3. The summed E-state index contributed by atoms with van der Waals surface area (Å²) < 4.78 is 30.9. The number of amides is 2. The lowest BCUT2D eigenvalue weighted by Crippen LogP contribution is -2.45. The van der Waals surface area contributed by atoms with Gasteiger partial charge in [-0.2, -0.15) is 0 Å². The summed E-state index contributed by atoms with van der Waals surface area (Å²) in [6.45, 7) is 1.53. The number of ether oxygens (including phenoxy) is 1. The molecule has 0 saturated carbocycles. The van der Waals surface area contributed by atoms with Crippen LogP contribution in [0.2, 0.25) is 0 Å². The molecule has 2 rings (SSSR count). The molecule has 1 aromatic carbocycles. The summed E-state index contributed by atoms with van der Waals surface area (Å²) in [5.41, 5.74) is 0.687. The van der Waals surface area contributed by atoms with Crippen LogP contribution in [0.25, 0.3) is 0 Å². The van der Waals surface area contributed by atoms with Gasteiger partial charge >= 0.3 is 12.0 Å². The molecule has 0 aromatic heterocycles. The van der Waals surface area contributed by atoms with Crippen molar-refractivity contribution in [3.63, 3.8) is 0 Å². The Kier molecular flexibility index (Phi) is 3.69. The summed E-state index contributed by atoms with van der Waals surface area (Å²) in [4.78, 5) is 23.3. The molecule has 0 bridgehead atoms. The number of allylic oxidation sites excluding steroid dienone is 1. The van der Waals surface area contributed by atoms with Gasteiger partial charge in [0.05, 0.1) is 18.7 Å². The molecular formula is C13H12F2N2O3. The van der Waals surface area contributed by atoms with Crippen molar-refractivity contribution in [3.8, 4) is 0 Å². The smallest absolute Gasteiger partial charge is 0.337 e. The van der Waals surface area contributed by atoms with E-state index in [1.54, 1.807) is 0 Å². The first kappa shape index (κ1) is 14.0. The molecule has 1 aliphatic heterocycles. The minimum atomic E-state index is -1.06. The molecule has 106 valence electrons. The minimum absolute atomic E-state index is 0.137. The molecule has 20 heavy (non-hydrogen) atoms. The fourth-order valence-corrected chi connectivity index (χ4v) is 2.02. The Balaban J connectivity index is 2.50. The largest absolute Gasteiger partial charge is 0.466 e. The van der Waals surface area contributed by atoms with Crippen molar-refractivity contribution in [3.05, 3.63) is 46.7 Å². The Morgan fingerprint density at radius 1 is 1.30 bits per heavy atom. The van der Waals surface area contributed by atoms with Crippen LogP contribution in [0.1, 0.15) is 18.5 Å². The molecule has 1 unspecified atom stereocenters. The number of urea groups is 1. The number of rotatable bonds is 2. The zero-order valence-electron chi connectivity index (χ0n) is 10.8. The van der Waals surface area contributed by atoms with Gasteiger partial charge in [-0.1, -0.05) is 6.07 Å². The van der Waals surface area contributed by atoms with E-state index in [-0.39, 0.29) is 11.1 Å². The van der Waals surface area contributed by atoms with Crippen molar-refractivity contribution in [1.82, 2.24) is 10.6 Å². The van der Waals surface area contributed by atoms with Crippen LogP contribution in [0.4, 0.5) is 13.6 Å². The standard InChI is InChI=1S/C13H12F2N2O3/c1-6-10(12(18)20-2)11(17-13(19)16-6)7-3-4-8(14)9(15)5-7/h3-5,11H,1-2H3,(H2,16,17,19). The lowest BCUT2D eigenvalue weighted by Gasteiger charge is -2.27. The maximum Gasteiger partial charge on any atom is 0.337 e. The van der Waals surface area contributed by atoms with Gasteiger partial charge in [0.1, 0.15) is 0 Å². The van der Waals surface area contributed by atoms with Crippen LogP contribution in [0.15, 0.2) is 29.5 Å². The molecule has 1 heterocycles. The lowest BCUT2D eigenvalue weighted by atomic mass is 9.95. The van der Waals surface area contributed by atoms with Gasteiger partial charge in [0.15, 0.2) is 11.6 Å². The SMILES string of the molecule is COC(=O)C1=C(C)NC(=O)NC1c1ccc(F)c(F)c1. The second kappa shape index (κ2) is 5.28. The number of esters is 1. The van der Waals surface area contributed by atoms with E-state index in [0.29, 0.717) is 5.70 Å². The number of hydrogen-bond acceptors (Lipinski definition) is 3. The fourth-order valence-electron chi connectivity index (χ4n) is 2.02. The van der Waals surface area contributed by atoms with Crippen molar-refractivity contribution in [2.45, 2.75) is 13.0 Å². The molecule has 2 amide bonds. The zero-order chi connectivity index (χ0) is 14.9. The summed E-state index contributed by atoms with van der Waals surface area (Å²) in [7, 11) is 1.20. The molecule has 5 nitrogen and oxygen atoms in total. The van der Waals surface area contributed by atoms with E-state index >= 15 is 0 Å². The first-order valence-corrected chi connectivity index (χ1v) is 5.75. The van der Waals surface area contributed by atoms with Crippen molar-refractivity contribution in [1.29, 1.82) is 0 Å². The molecule has 2 N–H and O–H groups in total. The van der Waals surface area contributed by atoms with Gasteiger partial charge in [-0.15, -0.1) is 0 Å². The summed E-state index contributed by atoms with van der Waals surface area (Å²) in [6, 6.07) is 1.73. The summed E-state index contributed by atoms with van der Waals surface area (Å²) >= 11 is 0. The third-order valence-electron chi connectivity index (χ3n) is 2.95. The van der Waals surface area contributed by atoms with Gasteiger partial charge in [0, 0.05) is 5.70 Å². The third-order valence-corrected chi connectivity index (χ3v) is 2.95. The van der Waals surface area contributed by atoms with Crippen molar-refractivity contribution in [2.24, 2.45) is 0 Å². The predicted octanol–water partition coefficient (Wildman–Crippen LogP) is 1.77. The number of carbonyl (C=O) groups excluding carboxylic acids is 2. The van der Waals surface area contributed by atoms with Crippen LogP contribution >= 0.6 is 0 Å². The Bertz CT molecular complexity index is 614. The Labute approximate surface area is 113 Å². The molecule has 0 spiro atoms. The van der Waals surface area contributed by atoms with Gasteiger partial charge in [-0.05, 0) is 24.6 Å². The molecule has 0 radical (unpaired) electrons. The van der Waals surface area contributed by atoms with Crippen molar-refractivity contribution in [2.75, 3.05) is 7.11 Å². The average Bonchev–Trinajstić information content (AvgIpc) is 2.40. The average molecular weight is 282 g/mol. The maximum absolute atomic E-state index is 13.3. The first-order valence-electron chi connectivity index (χ1n) is 5.75. The quantitative estimate of drug-likeness (QED) is 0.812. The van der Waals surface area contributed by atoms with Crippen LogP contribution in [-0.2, 0) is 9.53 Å². The topological polar surface area (TPSA) is 67.4 Å². The minimum Gasteiger partial charge on any atom is -0.466 e. The molecule has 7 heteroatoms. The number of hydrogen-bond donors (Lipinski definition) is 2. The fraction of sp³-hybridized carbons (Fsp3) is 0.231. The van der Waals surface area contributed by atoms with Gasteiger partial charge in [-0.3, -0.25) is 0 Å². The Morgan fingerprint density at radius 2 is 2.00 bits per heavy atom. The van der Waals surface area contributed by atoms with E-state index in [4.69, 9.17) is 0 Å². The molecule has 1 atom stereocenters. The number of nitrogens with one attached hydrogen (secondary N) is 2. The number of benzene rings is 1. The predicted molar refractivity (Wildman–Crippen MR) is 65.5 cm³/mol. The van der Waals surface area contributed by atoms with Gasteiger partial charge in [-0.25, -0.2) is 18.4 Å². The van der Waals surface area contributed by atoms with Gasteiger partial charge in [0.2, 0.25) is 0 Å². The molecule has 0 aliphatic carbocycles. The molecule has 1 aromatic rings. The second-order valence-electron chi connectivity index (χ2n) is 4.24. The van der Waals surface area contributed by atoms with Crippen LogP contribution in [-0.4, -0.2) is 19.1 Å². The van der Waals surface area contributed by atoms with Crippen molar-refractivity contribution < 1.29 is 23.1 Å². The van der Waals surface area contributed by atoms with Gasteiger partial charge in [0.25, 0.3) is 0 Å². The van der Waals surface area contributed by atoms with E-state index in [9.17, 15) is 18.4 Å². The highest BCUT2D eigenvalue weighted by atomic mass is 19.2. The van der Waals surface area contributed by atoms with Gasteiger partial charge < -0.3 is 15.4 Å². The van der Waals surface area contributed by atoms with Crippen LogP contribution < -0.4 is 10.6 Å². The molecule has 0 fully saturated rings. The summed E-state index contributed by atoms with van der Waals surface area (Å²) in [6.07, 6.45) is 0. The number of carbonyl (C=O) groups is 2. The highest BCUT2D eigenvalue weighted by Crippen LogP contribution is 2.28. The van der Waals surface area contributed by atoms with Crippen LogP contribution in [0.5, 0.6) is 0 Å². The van der Waals surface area contributed by atoms with E-state index in [2.05, 4.69) is 15.4 Å². The Hall–Kier alpha value is -2.44. The summed E-state index contributed by atoms with van der Waals surface area (Å²) in [5.74, 6) is -2.73. The number of methoxy groups -OCH3 is 1. The Morgan fingerprint density at radius 3 is 2.60 bits per heavy atom. The highest BCUT2D eigenvalue weighted by molar-refractivity contribution is 5.94. The van der Waals surface area contributed by atoms with E-state index in [0.717, 1.165) is 12.1 Å². The first-order chi connectivity index (χ1) is 9.43. The molecule has 0 saturated heterocycles.